The number of anilines is 1. The summed E-state index contributed by atoms with van der Waals surface area (Å²) in [7, 11) is 4.72. The SMILES string of the molecule is COc1cc(/C=C/C(=O)N2c3ccccc3[C@](C)(c3ccccc3)CC2(C)C)cc(OC)c1OC. The Balaban J connectivity index is 1.74. The van der Waals surface area contributed by atoms with E-state index in [9.17, 15) is 4.79 Å². The normalized spacial score (nSPS) is 18.7. The molecule has 0 fully saturated rings. The number of amides is 1. The highest BCUT2D eigenvalue weighted by Gasteiger charge is 2.47. The van der Waals surface area contributed by atoms with Crippen molar-refractivity contribution in [2.75, 3.05) is 26.2 Å². The molecular formula is C30H33NO4. The van der Waals surface area contributed by atoms with Crippen LogP contribution in [-0.4, -0.2) is 32.8 Å². The fraction of sp³-hybridized carbons (Fsp3) is 0.300. The molecule has 0 aromatic heterocycles. The lowest BCUT2D eigenvalue weighted by Crippen LogP contribution is -2.55. The summed E-state index contributed by atoms with van der Waals surface area (Å²) in [6, 6.07) is 22.4. The molecule has 35 heavy (non-hydrogen) atoms. The fourth-order valence-electron chi connectivity index (χ4n) is 5.42. The van der Waals surface area contributed by atoms with Crippen LogP contribution in [0.25, 0.3) is 6.08 Å². The second-order valence-electron chi connectivity index (χ2n) is 9.67. The molecule has 3 aromatic carbocycles. The van der Waals surface area contributed by atoms with Gasteiger partial charge in [0.1, 0.15) is 0 Å². The summed E-state index contributed by atoms with van der Waals surface area (Å²) in [5.74, 6) is 1.53. The number of ether oxygens (including phenoxy) is 3. The number of para-hydroxylation sites is 1. The van der Waals surface area contributed by atoms with Crippen LogP contribution in [0.3, 0.4) is 0 Å². The first-order chi connectivity index (χ1) is 16.7. The van der Waals surface area contributed by atoms with E-state index in [4.69, 9.17) is 14.2 Å². The Morgan fingerprint density at radius 3 is 2.06 bits per heavy atom. The maximum Gasteiger partial charge on any atom is 0.251 e. The van der Waals surface area contributed by atoms with E-state index >= 15 is 0 Å². The van der Waals surface area contributed by atoms with Crippen molar-refractivity contribution < 1.29 is 19.0 Å². The predicted octanol–water partition coefficient (Wildman–Crippen LogP) is 6.25. The van der Waals surface area contributed by atoms with E-state index in [2.05, 4.69) is 51.1 Å². The van der Waals surface area contributed by atoms with Crippen molar-refractivity contribution in [1.29, 1.82) is 0 Å². The largest absolute Gasteiger partial charge is 0.493 e. The molecule has 5 heteroatoms. The molecule has 1 aliphatic heterocycles. The third-order valence-corrected chi connectivity index (χ3v) is 6.87. The van der Waals surface area contributed by atoms with Crippen LogP contribution in [0.15, 0.2) is 72.8 Å². The van der Waals surface area contributed by atoms with Crippen molar-refractivity contribution in [3.8, 4) is 17.2 Å². The molecule has 5 nitrogen and oxygen atoms in total. The molecule has 4 rings (SSSR count). The molecule has 1 aliphatic rings. The molecule has 0 spiro atoms. The van der Waals surface area contributed by atoms with Crippen LogP contribution in [0, 0.1) is 0 Å². The second kappa shape index (κ2) is 9.49. The van der Waals surface area contributed by atoms with Crippen LogP contribution in [0.4, 0.5) is 5.69 Å². The van der Waals surface area contributed by atoms with Gasteiger partial charge in [0.05, 0.1) is 21.3 Å². The van der Waals surface area contributed by atoms with E-state index in [0.717, 1.165) is 23.2 Å². The number of benzene rings is 3. The van der Waals surface area contributed by atoms with Crippen molar-refractivity contribution in [3.05, 3.63) is 89.5 Å². The van der Waals surface area contributed by atoms with Crippen LogP contribution in [0.5, 0.6) is 17.2 Å². The molecule has 1 atom stereocenters. The minimum absolute atomic E-state index is 0.0775. The Morgan fingerprint density at radius 2 is 1.46 bits per heavy atom. The molecule has 1 amide bonds. The molecule has 0 unspecified atom stereocenters. The van der Waals surface area contributed by atoms with Crippen LogP contribution in [-0.2, 0) is 10.2 Å². The van der Waals surface area contributed by atoms with E-state index < -0.39 is 5.54 Å². The van der Waals surface area contributed by atoms with Gasteiger partial charge in [-0.3, -0.25) is 4.79 Å². The maximum atomic E-state index is 13.7. The molecule has 0 radical (unpaired) electrons. The second-order valence-corrected chi connectivity index (χ2v) is 9.67. The van der Waals surface area contributed by atoms with Crippen LogP contribution in [0.1, 0.15) is 43.9 Å². The minimum atomic E-state index is -0.407. The maximum absolute atomic E-state index is 13.7. The number of rotatable bonds is 6. The van der Waals surface area contributed by atoms with E-state index in [1.165, 1.54) is 5.56 Å². The highest BCUT2D eigenvalue weighted by atomic mass is 16.5. The van der Waals surface area contributed by atoms with Gasteiger partial charge < -0.3 is 19.1 Å². The first kappa shape index (κ1) is 24.4. The summed E-state index contributed by atoms with van der Waals surface area (Å²) < 4.78 is 16.3. The summed E-state index contributed by atoms with van der Waals surface area (Å²) in [4.78, 5) is 15.6. The van der Waals surface area contributed by atoms with Crippen molar-refractivity contribution >= 4 is 17.7 Å². The van der Waals surface area contributed by atoms with Crippen LogP contribution in [0.2, 0.25) is 0 Å². The fourth-order valence-corrected chi connectivity index (χ4v) is 5.42. The van der Waals surface area contributed by atoms with Gasteiger partial charge in [0.2, 0.25) is 5.75 Å². The zero-order valence-corrected chi connectivity index (χ0v) is 21.3. The van der Waals surface area contributed by atoms with Gasteiger partial charge in [-0.1, -0.05) is 55.5 Å². The zero-order chi connectivity index (χ0) is 25.2. The summed E-state index contributed by atoms with van der Waals surface area (Å²) in [5, 5.41) is 0. The molecule has 0 saturated carbocycles. The topological polar surface area (TPSA) is 48.0 Å². The molecule has 0 saturated heterocycles. The molecule has 0 bridgehead atoms. The summed E-state index contributed by atoms with van der Waals surface area (Å²) >= 11 is 0. The number of hydrogen-bond donors (Lipinski definition) is 0. The van der Waals surface area contributed by atoms with Gasteiger partial charge in [-0.25, -0.2) is 0 Å². The van der Waals surface area contributed by atoms with E-state index in [1.54, 1.807) is 33.5 Å². The third-order valence-electron chi connectivity index (χ3n) is 6.87. The smallest absolute Gasteiger partial charge is 0.251 e. The van der Waals surface area contributed by atoms with E-state index in [0.29, 0.717) is 17.2 Å². The first-order valence-electron chi connectivity index (χ1n) is 11.7. The number of hydrogen-bond acceptors (Lipinski definition) is 4. The van der Waals surface area contributed by atoms with Crippen molar-refractivity contribution in [3.63, 3.8) is 0 Å². The van der Waals surface area contributed by atoms with E-state index in [-0.39, 0.29) is 11.3 Å². The third kappa shape index (κ3) is 4.39. The number of nitrogens with zero attached hydrogens (tertiary/aromatic N) is 1. The molecule has 1 heterocycles. The highest BCUT2D eigenvalue weighted by molar-refractivity contribution is 6.06. The monoisotopic (exact) mass is 471 g/mol. The summed E-state index contributed by atoms with van der Waals surface area (Å²) in [6.45, 7) is 6.54. The molecular weight excluding hydrogens is 438 g/mol. The van der Waals surface area contributed by atoms with Gasteiger partial charge >= 0.3 is 0 Å². The zero-order valence-electron chi connectivity index (χ0n) is 21.3. The lowest BCUT2D eigenvalue weighted by Gasteiger charge is -2.51. The minimum Gasteiger partial charge on any atom is -0.493 e. The van der Waals surface area contributed by atoms with Crippen molar-refractivity contribution in [2.24, 2.45) is 0 Å². The lowest BCUT2D eigenvalue weighted by atomic mass is 9.65. The Labute approximate surface area is 207 Å². The van der Waals surface area contributed by atoms with Gasteiger partial charge in [0.15, 0.2) is 11.5 Å². The Bertz CT molecular complexity index is 1220. The van der Waals surface area contributed by atoms with Gasteiger partial charge in [0.25, 0.3) is 5.91 Å². The van der Waals surface area contributed by atoms with Crippen molar-refractivity contribution in [2.45, 2.75) is 38.1 Å². The van der Waals surface area contributed by atoms with Crippen molar-refractivity contribution in [1.82, 2.24) is 0 Å². The van der Waals surface area contributed by atoms with E-state index in [1.807, 2.05) is 41.3 Å². The number of carbonyl (C=O) groups excluding carboxylic acids is 1. The molecule has 0 N–H and O–H groups in total. The molecule has 0 aliphatic carbocycles. The van der Waals surface area contributed by atoms with Crippen LogP contribution < -0.4 is 19.1 Å². The van der Waals surface area contributed by atoms with Crippen LogP contribution >= 0.6 is 0 Å². The number of carbonyl (C=O) groups is 1. The van der Waals surface area contributed by atoms with Gasteiger partial charge in [-0.15, -0.1) is 0 Å². The number of methoxy groups -OCH3 is 3. The average Bonchev–Trinajstić information content (AvgIpc) is 2.86. The van der Waals surface area contributed by atoms with Gasteiger partial charge in [0, 0.05) is 22.7 Å². The van der Waals surface area contributed by atoms with Gasteiger partial charge in [-0.05, 0) is 61.2 Å². The number of fused-ring (bicyclic) bond motifs is 1. The Hall–Kier alpha value is -3.73. The van der Waals surface area contributed by atoms with Gasteiger partial charge in [-0.2, -0.15) is 0 Å². The first-order valence-corrected chi connectivity index (χ1v) is 11.7. The summed E-state index contributed by atoms with van der Waals surface area (Å²) in [5.41, 5.74) is 3.51. The molecule has 182 valence electrons. The quantitative estimate of drug-likeness (QED) is 0.399. The molecule has 3 aromatic rings. The lowest BCUT2D eigenvalue weighted by molar-refractivity contribution is -0.115. The standard InChI is InChI=1S/C30H33NO4/c1-29(2)20-30(3,22-12-8-7-9-13-22)23-14-10-11-15-24(23)31(29)27(32)17-16-21-18-25(33-4)28(35-6)26(19-21)34-5/h7-19H,20H2,1-6H3/b17-16+/t30-/m0/s1. The predicted molar refractivity (Wildman–Crippen MR) is 141 cm³/mol. The average molecular weight is 472 g/mol. The Morgan fingerprint density at radius 1 is 0.857 bits per heavy atom. The highest BCUT2D eigenvalue weighted by Crippen LogP contribution is 2.50. The summed E-state index contributed by atoms with van der Waals surface area (Å²) in [6.07, 6.45) is 4.20. The Kier molecular flexibility index (Phi) is 6.62.